The van der Waals surface area contributed by atoms with Crippen LogP contribution in [0.3, 0.4) is 0 Å². The predicted octanol–water partition coefficient (Wildman–Crippen LogP) is 3.54. The molecule has 2 aromatic rings. The van der Waals surface area contributed by atoms with Gasteiger partial charge in [-0.25, -0.2) is 13.6 Å². The van der Waals surface area contributed by atoms with Crippen molar-refractivity contribution in [2.75, 3.05) is 0 Å². The highest BCUT2D eigenvalue weighted by molar-refractivity contribution is 5.89. The zero-order valence-corrected chi connectivity index (χ0v) is 9.68. The summed E-state index contributed by atoms with van der Waals surface area (Å²) in [6.07, 6.45) is 1.36. The van der Waals surface area contributed by atoms with Gasteiger partial charge in [0, 0.05) is 11.8 Å². The molecule has 0 atom stereocenters. The van der Waals surface area contributed by atoms with Crippen LogP contribution in [0.5, 0.6) is 0 Å². The number of carboxylic acid groups (broad SMARTS) is 1. The molecular formula is C14H9F2NO2. The molecule has 5 heteroatoms. The van der Waals surface area contributed by atoms with Gasteiger partial charge in [-0.3, -0.25) is 4.98 Å². The van der Waals surface area contributed by atoms with Crippen molar-refractivity contribution in [3.8, 4) is 0 Å². The fourth-order valence-corrected chi connectivity index (χ4v) is 1.49. The summed E-state index contributed by atoms with van der Waals surface area (Å²) in [4.78, 5) is 14.4. The van der Waals surface area contributed by atoms with Gasteiger partial charge in [-0.05, 0) is 24.3 Å². The van der Waals surface area contributed by atoms with Crippen LogP contribution in [0.1, 0.15) is 21.6 Å². The summed E-state index contributed by atoms with van der Waals surface area (Å²) >= 11 is 0. The summed E-state index contributed by atoms with van der Waals surface area (Å²) < 4.78 is 27.7. The monoisotopic (exact) mass is 261 g/mol. The summed E-state index contributed by atoms with van der Waals surface area (Å²) in [5.74, 6) is -3.28. The summed E-state index contributed by atoms with van der Waals surface area (Å²) in [5, 5.41) is 8.71. The van der Waals surface area contributed by atoms with Crippen molar-refractivity contribution in [1.82, 2.24) is 4.98 Å². The lowest BCUT2D eigenvalue weighted by atomic mass is 10.1. The molecule has 0 aliphatic rings. The Bertz CT molecular complexity index is 622. The second-order valence-corrected chi connectivity index (χ2v) is 3.73. The standard InChI is InChI=1S/C14H9F2NO2/c15-12(13(16)11-3-1-2-8-17-11)9-4-6-10(7-5-9)14(18)19/h1-8H,(H,18,19). The van der Waals surface area contributed by atoms with E-state index in [1.807, 2.05) is 0 Å². The number of hydrogen-bond donors (Lipinski definition) is 1. The van der Waals surface area contributed by atoms with Crippen LogP contribution < -0.4 is 0 Å². The number of pyridine rings is 1. The smallest absolute Gasteiger partial charge is 0.335 e. The largest absolute Gasteiger partial charge is 0.478 e. The molecule has 0 radical (unpaired) electrons. The molecule has 0 aliphatic carbocycles. The zero-order valence-electron chi connectivity index (χ0n) is 9.68. The number of nitrogens with zero attached hydrogens (tertiary/aromatic N) is 1. The van der Waals surface area contributed by atoms with Crippen LogP contribution in [-0.2, 0) is 0 Å². The van der Waals surface area contributed by atoms with Gasteiger partial charge in [0.1, 0.15) is 5.69 Å². The number of benzene rings is 1. The molecule has 1 aromatic heterocycles. The van der Waals surface area contributed by atoms with E-state index in [-0.39, 0.29) is 16.8 Å². The molecule has 1 N–H and O–H groups in total. The molecule has 0 saturated carbocycles. The summed E-state index contributed by atoms with van der Waals surface area (Å²) in [7, 11) is 0. The van der Waals surface area contributed by atoms with Gasteiger partial charge in [-0.2, -0.15) is 0 Å². The molecular weight excluding hydrogens is 252 g/mol. The molecule has 0 spiro atoms. The summed E-state index contributed by atoms with van der Waals surface area (Å²) in [5.41, 5.74) is -0.134. The number of hydrogen-bond acceptors (Lipinski definition) is 2. The fraction of sp³-hybridized carbons (Fsp3) is 0. The number of carbonyl (C=O) groups is 1. The summed E-state index contributed by atoms with van der Waals surface area (Å²) in [6.45, 7) is 0. The third kappa shape index (κ3) is 2.82. The minimum absolute atomic E-state index is 0.00907. The molecule has 0 saturated heterocycles. The molecule has 3 nitrogen and oxygen atoms in total. The molecule has 0 unspecified atom stereocenters. The molecule has 1 heterocycles. The van der Waals surface area contributed by atoms with E-state index in [9.17, 15) is 13.6 Å². The second kappa shape index (κ2) is 5.39. The van der Waals surface area contributed by atoms with Crippen LogP contribution in [0.4, 0.5) is 8.78 Å². The first-order valence-electron chi connectivity index (χ1n) is 5.40. The lowest BCUT2D eigenvalue weighted by Gasteiger charge is -2.02. The van der Waals surface area contributed by atoms with E-state index in [0.717, 1.165) is 0 Å². The van der Waals surface area contributed by atoms with Crippen molar-refractivity contribution in [2.24, 2.45) is 0 Å². The first-order chi connectivity index (χ1) is 9.09. The van der Waals surface area contributed by atoms with Gasteiger partial charge in [-0.15, -0.1) is 0 Å². The van der Waals surface area contributed by atoms with Gasteiger partial charge in [0.2, 0.25) is 0 Å². The number of aromatic nitrogens is 1. The number of halogens is 2. The molecule has 19 heavy (non-hydrogen) atoms. The average molecular weight is 261 g/mol. The minimum atomic E-state index is -1.12. The van der Waals surface area contributed by atoms with Crippen molar-refractivity contribution < 1.29 is 18.7 Å². The normalized spacial score (nSPS) is 11.9. The Morgan fingerprint density at radius 3 is 2.11 bits per heavy atom. The van der Waals surface area contributed by atoms with Gasteiger partial charge in [-0.1, -0.05) is 18.2 Å². The third-order valence-electron chi connectivity index (χ3n) is 2.47. The highest BCUT2D eigenvalue weighted by Gasteiger charge is 2.12. The number of aromatic carboxylic acids is 1. The van der Waals surface area contributed by atoms with Gasteiger partial charge in [0.15, 0.2) is 11.7 Å². The Balaban J connectivity index is 2.38. The second-order valence-electron chi connectivity index (χ2n) is 3.73. The van der Waals surface area contributed by atoms with Crippen LogP contribution in [0.15, 0.2) is 48.7 Å². The van der Waals surface area contributed by atoms with Crippen LogP contribution >= 0.6 is 0 Å². The van der Waals surface area contributed by atoms with Crippen molar-refractivity contribution >= 4 is 17.6 Å². The van der Waals surface area contributed by atoms with E-state index in [1.54, 1.807) is 12.1 Å². The van der Waals surface area contributed by atoms with E-state index in [4.69, 9.17) is 5.11 Å². The highest BCUT2D eigenvalue weighted by Crippen LogP contribution is 2.27. The van der Waals surface area contributed by atoms with Crippen molar-refractivity contribution in [1.29, 1.82) is 0 Å². The van der Waals surface area contributed by atoms with Crippen LogP contribution in [-0.4, -0.2) is 16.1 Å². The zero-order chi connectivity index (χ0) is 13.8. The Labute approximate surface area is 107 Å². The van der Waals surface area contributed by atoms with E-state index in [1.165, 1.54) is 36.5 Å². The maximum absolute atomic E-state index is 13.9. The maximum Gasteiger partial charge on any atom is 0.335 e. The van der Waals surface area contributed by atoms with E-state index in [0.29, 0.717) is 0 Å². The summed E-state index contributed by atoms with van der Waals surface area (Å²) in [6, 6.07) is 9.33. The molecule has 0 aliphatic heterocycles. The SMILES string of the molecule is O=C(O)c1ccc(C(F)=C(F)c2ccccn2)cc1. The lowest BCUT2D eigenvalue weighted by Crippen LogP contribution is -1.95. The molecule has 2 rings (SSSR count). The van der Waals surface area contributed by atoms with Crippen LogP contribution in [0.25, 0.3) is 11.7 Å². The van der Waals surface area contributed by atoms with E-state index >= 15 is 0 Å². The van der Waals surface area contributed by atoms with Crippen molar-refractivity contribution in [3.05, 3.63) is 65.5 Å². The van der Waals surface area contributed by atoms with Gasteiger partial charge >= 0.3 is 5.97 Å². The maximum atomic E-state index is 13.9. The average Bonchev–Trinajstić information content (AvgIpc) is 2.46. The quantitative estimate of drug-likeness (QED) is 0.919. The minimum Gasteiger partial charge on any atom is -0.478 e. The lowest BCUT2D eigenvalue weighted by molar-refractivity contribution is 0.0697. The first-order valence-corrected chi connectivity index (χ1v) is 5.40. The predicted molar refractivity (Wildman–Crippen MR) is 66.7 cm³/mol. The van der Waals surface area contributed by atoms with Crippen LogP contribution in [0, 0.1) is 0 Å². The van der Waals surface area contributed by atoms with E-state index < -0.39 is 17.6 Å². The first kappa shape index (κ1) is 12.9. The molecule has 0 bridgehead atoms. The molecule has 96 valence electrons. The van der Waals surface area contributed by atoms with Crippen molar-refractivity contribution in [3.63, 3.8) is 0 Å². The Hall–Kier alpha value is -2.56. The Kier molecular flexibility index (Phi) is 3.66. The van der Waals surface area contributed by atoms with Gasteiger partial charge < -0.3 is 5.11 Å². The number of rotatable bonds is 3. The molecule has 0 amide bonds. The van der Waals surface area contributed by atoms with Crippen LogP contribution in [0.2, 0.25) is 0 Å². The molecule has 0 fully saturated rings. The van der Waals surface area contributed by atoms with Crippen molar-refractivity contribution in [2.45, 2.75) is 0 Å². The van der Waals surface area contributed by atoms with E-state index in [2.05, 4.69) is 4.98 Å². The molecule has 1 aromatic carbocycles. The Morgan fingerprint density at radius 1 is 0.947 bits per heavy atom. The highest BCUT2D eigenvalue weighted by atomic mass is 19.2. The third-order valence-corrected chi connectivity index (χ3v) is 2.47. The van der Waals surface area contributed by atoms with Gasteiger partial charge in [0.25, 0.3) is 0 Å². The van der Waals surface area contributed by atoms with Gasteiger partial charge in [0.05, 0.1) is 5.56 Å². The topological polar surface area (TPSA) is 50.2 Å². The fourth-order valence-electron chi connectivity index (χ4n) is 1.49. The Morgan fingerprint density at radius 2 is 1.58 bits per heavy atom. The number of carboxylic acids is 1.